The Morgan fingerprint density at radius 1 is 1.37 bits per heavy atom. The Kier molecular flexibility index (Phi) is 7.96. The third kappa shape index (κ3) is 5.80. The zero-order valence-electron chi connectivity index (χ0n) is 10.5. The van der Waals surface area contributed by atoms with Gasteiger partial charge in [-0.1, -0.05) is 53.3 Å². The topological polar surface area (TPSA) is 21.3 Å². The lowest BCUT2D eigenvalue weighted by molar-refractivity contribution is 0.354. The van der Waals surface area contributed by atoms with Crippen LogP contribution in [0.4, 0.5) is 0 Å². The van der Waals surface area contributed by atoms with Crippen LogP contribution in [-0.2, 0) is 6.54 Å². The van der Waals surface area contributed by atoms with E-state index in [2.05, 4.69) is 12.2 Å². The van der Waals surface area contributed by atoms with Gasteiger partial charge in [-0.15, -0.1) is 0 Å². The van der Waals surface area contributed by atoms with Crippen LogP contribution in [0.15, 0.2) is 22.7 Å². The summed E-state index contributed by atoms with van der Waals surface area (Å²) >= 11 is 23.4. The molecule has 1 aromatic carbocycles. The van der Waals surface area contributed by atoms with Gasteiger partial charge in [0.15, 0.2) is 0 Å². The number of nitrogens with one attached hydrogen (secondary N) is 1. The summed E-state index contributed by atoms with van der Waals surface area (Å²) in [5.41, 5.74) is 2.16. The molecule has 0 atom stereocenters. The second kappa shape index (κ2) is 8.93. The van der Waals surface area contributed by atoms with Crippen LogP contribution in [0.25, 0.3) is 0 Å². The van der Waals surface area contributed by atoms with Crippen LogP contribution in [-0.4, -0.2) is 13.2 Å². The summed E-state index contributed by atoms with van der Waals surface area (Å²) in [5, 5.41) is 4.71. The molecule has 0 aliphatic carbocycles. The minimum atomic E-state index is 0.174. The van der Waals surface area contributed by atoms with E-state index in [1.165, 1.54) is 5.54 Å². The van der Waals surface area contributed by atoms with Gasteiger partial charge >= 0.3 is 0 Å². The SMILES string of the molecule is CCCNCc1cc(Cl)cc(Cl)c1OCC(Cl)=CCl. The summed E-state index contributed by atoms with van der Waals surface area (Å²) in [6.07, 6.45) is 1.05. The van der Waals surface area contributed by atoms with Gasteiger partial charge in [-0.25, -0.2) is 0 Å². The maximum Gasteiger partial charge on any atom is 0.143 e. The molecule has 19 heavy (non-hydrogen) atoms. The molecular weight excluding hydrogens is 328 g/mol. The molecule has 0 saturated carbocycles. The summed E-state index contributed by atoms with van der Waals surface area (Å²) < 4.78 is 5.59. The third-order valence-corrected chi connectivity index (χ3v) is 3.39. The molecule has 0 aliphatic heterocycles. The molecule has 1 N–H and O–H groups in total. The first-order valence-electron chi connectivity index (χ1n) is 5.84. The fourth-order valence-electron chi connectivity index (χ4n) is 1.48. The minimum Gasteiger partial charge on any atom is -0.486 e. The van der Waals surface area contributed by atoms with Crippen molar-refractivity contribution in [3.8, 4) is 5.75 Å². The van der Waals surface area contributed by atoms with Crippen molar-refractivity contribution in [3.63, 3.8) is 0 Å². The molecule has 0 unspecified atom stereocenters. The molecule has 0 heterocycles. The van der Waals surface area contributed by atoms with Crippen molar-refractivity contribution in [3.05, 3.63) is 38.3 Å². The van der Waals surface area contributed by atoms with Gasteiger partial charge < -0.3 is 10.1 Å². The Hall–Kier alpha value is -0.120. The second-order valence-corrected chi connectivity index (χ2v) is 5.44. The molecule has 0 aromatic heterocycles. The van der Waals surface area contributed by atoms with Gasteiger partial charge in [-0.05, 0) is 25.1 Å². The summed E-state index contributed by atoms with van der Waals surface area (Å²) in [5.74, 6) is 0.575. The molecular formula is C13H15Cl4NO. The van der Waals surface area contributed by atoms with Crippen molar-refractivity contribution in [2.45, 2.75) is 19.9 Å². The van der Waals surface area contributed by atoms with Gasteiger partial charge in [0.1, 0.15) is 12.4 Å². The maximum absolute atomic E-state index is 6.14. The monoisotopic (exact) mass is 341 g/mol. The Morgan fingerprint density at radius 2 is 2.11 bits per heavy atom. The standard InChI is InChI=1S/C13H15Cl4NO/c1-2-3-18-7-9-4-10(15)5-12(17)13(9)19-8-11(16)6-14/h4-6,18H,2-3,7-8H2,1H3. The van der Waals surface area contributed by atoms with Crippen molar-refractivity contribution < 1.29 is 4.74 Å². The highest BCUT2D eigenvalue weighted by atomic mass is 35.5. The average Bonchev–Trinajstić information content (AvgIpc) is 2.37. The molecule has 0 bridgehead atoms. The fourth-order valence-corrected chi connectivity index (χ4v) is 2.19. The van der Waals surface area contributed by atoms with Crippen LogP contribution in [0.2, 0.25) is 10.0 Å². The van der Waals surface area contributed by atoms with E-state index in [-0.39, 0.29) is 6.61 Å². The van der Waals surface area contributed by atoms with Gasteiger partial charge in [0.25, 0.3) is 0 Å². The first-order chi connectivity index (χ1) is 9.08. The molecule has 1 aromatic rings. The zero-order chi connectivity index (χ0) is 14.3. The van der Waals surface area contributed by atoms with Gasteiger partial charge in [0.2, 0.25) is 0 Å². The van der Waals surface area contributed by atoms with E-state index in [0.29, 0.717) is 27.4 Å². The molecule has 0 saturated heterocycles. The Bertz CT molecular complexity index is 449. The second-order valence-electron chi connectivity index (χ2n) is 3.90. The number of ether oxygens (including phenoxy) is 1. The summed E-state index contributed by atoms with van der Waals surface area (Å²) in [6.45, 7) is 3.81. The predicted molar refractivity (Wildman–Crippen MR) is 83.7 cm³/mol. The van der Waals surface area contributed by atoms with Crippen molar-refractivity contribution >= 4 is 46.4 Å². The van der Waals surface area contributed by atoms with E-state index < -0.39 is 0 Å². The van der Waals surface area contributed by atoms with E-state index in [4.69, 9.17) is 51.1 Å². The molecule has 0 spiro atoms. The molecule has 6 heteroatoms. The number of halogens is 4. The van der Waals surface area contributed by atoms with E-state index in [1.54, 1.807) is 6.07 Å². The molecule has 106 valence electrons. The number of benzene rings is 1. The molecule has 0 amide bonds. The zero-order valence-corrected chi connectivity index (χ0v) is 13.5. The van der Waals surface area contributed by atoms with Crippen LogP contribution >= 0.6 is 46.4 Å². The largest absolute Gasteiger partial charge is 0.486 e. The van der Waals surface area contributed by atoms with E-state index in [9.17, 15) is 0 Å². The first kappa shape index (κ1) is 16.9. The van der Waals surface area contributed by atoms with Crippen LogP contribution in [0.5, 0.6) is 5.75 Å². The lowest BCUT2D eigenvalue weighted by Crippen LogP contribution is -2.15. The van der Waals surface area contributed by atoms with Crippen LogP contribution in [0.1, 0.15) is 18.9 Å². The summed E-state index contributed by atoms with van der Waals surface area (Å²) in [7, 11) is 0. The van der Waals surface area contributed by atoms with Gasteiger partial charge in [0, 0.05) is 22.7 Å². The van der Waals surface area contributed by atoms with Gasteiger partial charge in [0.05, 0.1) is 10.1 Å². The Labute approximate surface area is 133 Å². The molecule has 2 nitrogen and oxygen atoms in total. The van der Waals surface area contributed by atoms with E-state index >= 15 is 0 Å². The van der Waals surface area contributed by atoms with Crippen molar-refractivity contribution in [2.24, 2.45) is 0 Å². The first-order valence-corrected chi connectivity index (χ1v) is 7.41. The average molecular weight is 343 g/mol. The highest BCUT2D eigenvalue weighted by molar-refractivity contribution is 6.37. The summed E-state index contributed by atoms with van der Waals surface area (Å²) in [6, 6.07) is 3.46. The van der Waals surface area contributed by atoms with Crippen LogP contribution in [0, 0.1) is 0 Å². The molecule has 0 radical (unpaired) electrons. The highest BCUT2D eigenvalue weighted by Crippen LogP contribution is 2.33. The Morgan fingerprint density at radius 3 is 2.74 bits per heavy atom. The summed E-state index contributed by atoms with van der Waals surface area (Å²) in [4.78, 5) is 0. The normalized spacial score (nSPS) is 11.7. The molecule has 0 fully saturated rings. The number of hydrogen-bond donors (Lipinski definition) is 1. The number of rotatable bonds is 7. The lowest BCUT2D eigenvalue weighted by Gasteiger charge is -2.14. The molecule has 1 rings (SSSR count). The third-order valence-electron chi connectivity index (χ3n) is 2.30. The predicted octanol–water partition coefficient (Wildman–Crippen LogP) is 5.19. The fraction of sp³-hybridized carbons (Fsp3) is 0.385. The quantitative estimate of drug-likeness (QED) is 0.688. The smallest absolute Gasteiger partial charge is 0.143 e. The van der Waals surface area contributed by atoms with Gasteiger partial charge in [-0.2, -0.15) is 0 Å². The van der Waals surface area contributed by atoms with E-state index in [0.717, 1.165) is 18.5 Å². The lowest BCUT2D eigenvalue weighted by atomic mass is 10.2. The van der Waals surface area contributed by atoms with Gasteiger partial charge in [-0.3, -0.25) is 0 Å². The molecule has 0 aliphatic rings. The highest BCUT2D eigenvalue weighted by Gasteiger charge is 2.11. The van der Waals surface area contributed by atoms with E-state index in [1.807, 2.05) is 6.07 Å². The minimum absolute atomic E-state index is 0.174. The van der Waals surface area contributed by atoms with Crippen molar-refractivity contribution in [1.29, 1.82) is 0 Å². The van der Waals surface area contributed by atoms with Crippen molar-refractivity contribution in [2.75, 3.05) is 13.2 Å². The number of hydrogen-bond acceptors (Lipinski definition) is 2. The Balaban J connectivity index is 2.86. The van der Waals surface area contributed by atoms with Crippen molar-refractivity contribution in [1.82, 2.24) is 5.32 Å². The maximum atomic E-state index is 6.14. The van der Waals surface area contributed by atoms with Crippen LogP contribution in [0.3, 0.4) is 0 Å². The van der Waals surface area contributed by atoms with Crippen LogP contribution < -0.4 is 10.1 Å².